The maximum absolute atomic E-state index is 12.7. The third-order valence-electron chi connectivity index (χ3n) is 6.58. The molecule has 2 unspecified atom stereocenters. The first-order valence-electron chi connectivity index (χ1n) is 13.1. The second-order valence-corrected chi connectivity index (χ2v) is 9.92. The normalized spacial score (nSPS) is 17.0. The van der Waals surface area contributed by atoms with Gasteiger partial charge in [-0.25, -0.2) is 14.4 Å². The standard InChI is InChI=1S/C28H30F6N2O7/c1-4-41-26(2,23(37)42-24(38)27(29,30)31)15-18-5-9-21(10-6-18)40-14-13-20-17-36(25(39)35(20)3)16-19-7-11-22(12-8-19)43-28(32,33)34/h5-12,20H,4,13-17H2,1-3H3. The van der Waals surface area contributed by atoms with Crippen LogP contribution in [0.5, 0.6) is 11.5 Å². The molecule has 3 rings (SSSR count). The zero-order valence-electron chi connectivity index (χ0n) is 23.5. The molecule has 43 heavy (non-hydrogen) atoms. The van der Waals surface area contributed by atoms with E-state index >= 15 is 0 Å². The highest BCUT2D eigenvalue weighted by molar-refractivity contribution is 5.92. The van der Waals surface area contributed by atoms with Gasteiger partial charge in [-0.05, 0) is 49.2 Å². The summed E-state index contributed by atoms with van der Waals surface area (Å²) >= 11 is 0. The zero-order chi connectivity index (χ0) is 32.0. The average molecular weight is 621 g/mol. The van der Waals surface area contributed by atoms with Gasteiger partial charge in [0, 0.05) is 39.6 Å². The minimum atomic E-state index is -5.33. The molecule has 2 amide bonds. The van der Waals surface area contributed by atoms with Crippen LogP contribution in [0, 0.1) is 0 Å². The minimum Gasteiger partial charge on any atom is -0.494 e. The number of carbonyl (C=O) groups excluding carboxylic acids is 3. The average Bonchev–Trinajstić information content (AvgIpc) is 3.17. The van der Waals surface area contributed by atoms with E-state index in [1.165, 1.54) is 38.1 Å². The summed E-state index contributed by atoms with van der Waals surface area (Å²) in [4.78, 5) is 39.2. The van der Waals surface area contributed by atoms with Crippen LogP contribution in [0.15, 0.2) is 48.5 Å². The van der Waals surface area contributed by atoms with Gasteiger partial charge in [0.2, 0.25) is 0 Å². The number of ether oxygens (including phenoxy) is 4. The van der Waals surface area contributed by atoms with Gasteiger partial charge in [-0.3, -0.25) is 0 Å². The quantitative estimate of drug-likeness (QED) is 0.182. The van der Waals surface area contributed by atoms with Crippen LogP contribution >= 0.6 is 0 Å². The Balaban J connectivity index is 1.51. The Labute approximate surface area is 243 Å². The molecule has 0 aliphatic carbocycles. The van der Waals surface area contributed by atoms with Gasteiger partial charge < -0.3 is 28.7 Å². The van der Waals surface area contributed by atoms with Crippen molar-refractivity contribution >= 4 is 18.0 Å². The van der Waals surface area contributed by atoms with Gasteiger partial charge in [-0.2, -0.15) is 13.2 Å². The molecule has 1 fully saturated rings. The number of alkyl halides is 6. The number of halogens is 6. The molecule has 2 aromatic rings. The summed E-state index contributed by atoms with van der Waals surface area (Å²) in [6.45, 7) is 3.56. The van der Waals surface area contributed by atoms with E-state index in [1.807, 2.05) is 0 Å². The second-order valence-electron chi connectivity index (χ2n) is 9.92. The number of carbonyl (C=O) groups is 3. The van der Waals surface area contributed by atoms with Crippen molar-refractivity contribution in [3.05, 3.63) is 59.7 Å². The number of rotatable bonds is 12. The molecule has 9 nitrogen and oxygen atoms in total. The van der Waals surface area contributed by atoms with Gasteiger partial charge in [0.25, 0.3) is 0 Å². The van der Waals surface area contributed by atoms with E-state index in [9.17, 15) is 40.7 Å². The van der Waals surface area contributed by atoms with Crippen LogP contribution < -0.4 is 9.47 Å². The summed E-state index contributed by atoms with van der Waals surface area (Å²) in [6.07, 6.45) is -9.82. The van der Waals surface area contributed by atoms with E-state index in [0.717, 1.165) is 0 Å². The van der Waals surface area contributed by atoms with Crippen molar-refractivity contribution in [2.24, 2.45) is 0 Å². The molecule has 0 bridgehead atoms. The van der Waals surface area contributed by atoms with Gasteiger partial charge in [-0.1, -0.05) is 24.3 Å². The first-order valence-corrected chi connectivity index (χ1v) is 13.1. The van der Waals surface area contributed by atoms with Crippen molar-refractivity contribution in [1.82, 2.24) is 9.80 Å². The predicted molar refractivity (Wildman–Crippen MR) is 138 cm³/mol. The Morgan fingerprint density at radius 1 is 0.907 bits per heavy atom. The highest BCUT2D eigenvalue weighted by atomic mass is 19.4. The molecule has 1 aliphatic heterocycles. The molecule has 0 aromatic heterocycles. The van der Waals surface area contributed by atoms with Crippen LogP contribution in [-0.4, -0.2) is 78.8 Å². The van der Waals surface area contributed by atoms with Gasteiger partial charge in [0.1, 0.15) is 11.5 Å². The van der Waals surface area contributed by atoms with Crippen LogP contribution in [0.25, 0.3) is 0 Å². The summed E-state index contributed by atoms with van der Waals surface area (Å²) in [5.74, 6) is -3.98. The SMILES string of the molecule is CCOC(C)(Cc1ccc(OCCC2CN(Cc3ccc(OC(F)(F)F)cc3)C(=O)N2C)cc1)C(=O)OC(=O)C(F)(F)F. The fourth-order valence-electron chi connectivity index (χ4n) is 4.42. The minimum absolute atomic E-state index is 0.0221. The molecule has 236 valence electrons. The molecule has 0 saturated carbocycles. The number of esters is 2. The summed E-state index contributed by atoms with van der Waals surface area (Å²) in [7, 11) is 1.64. The van der Waals surface area contributed by atoms with E-state index in [2.05, 4.69) is 9.47 Å². The molecule has 1 heterocycles. The van der Waals surface area contributed by atoms with E-state index in [0.29, 0.717) is 29.8 Å². The third kappa shape index (κ3) is 9.49. The topological polar surface area (TPSA) is 94.6 Å². The number of likely N-dealkylation sites (N-methyl/N-ethyl adjacent to an activating group) is 1. The number of hydrogen-bond acceptors (Lipinski definition) is 7. The van der Waals surface area contributed by atoms with E-state index in [4.69, 9.17) is 9.47 Å². The summed E-state index contributed by atoms with van der Waals surface area (Å²) < 4.78 is 93.6. The van der Waals surface area contributed by atoms with Crippen molar-refractivity contribution in [3.63, 3.8) is 0 Å². The van der Waals surface area contributed by atoms with Gasteiger partial charge in [0.15, 0.2) is 5.60 Å². The molecule has 0 spiro atoms. The zero-order valence-corrected chi connectivity index (χ0v) is 23.5. The molecule has 1 aliphatic rings. The van der Waals surface area contributed by atoms with E-state index in [-0.39, 0.29) is 44.0 Å². The fraction of sp³-hybridized carbons (Fsp3) is 0.464. The van der Waals surface area contributed by atoms with Crippen molar-refractivity contribution in [1.29, 1.82) is 0 Å². The highest BCUT2D eigenvalue weighted by Crippen LogP contribution is 2.26. The largest absolute Gasteiger partial charge is 0.573 e. The number of nitrogens with zero attached hydrogens (tertiary/aromatic N) is 2. The lowest BCUT2D eigenvalue weighted by Crippen LogP contribution is -2.45. The lowest BCUT2D eigenvalue weighted by molar-refractivity contribution is -0.274. The summed E-state index contributed by atoms with van der Waals surface area (Å²) in [5.41, 5.74) is -0.703. The number of amides is 2. The Hall–Kier alpha value is -4.01. The second kappa shape index (κ2) is 13.5. The molecular formula is C28H30F6N2O7. The lowest BCUT2D eigenvalue weighted by Gasteiger charge is -2.27. The fourth-order valence-corrected chi connectivity index (χ4v) is 4.42. The van der Waals surface area contributed by atoms with E-state index < -0.39 is 30.1 Å². The number of urea groups is 1. The maximum Gasteiger partial charge on any atom is 0.573 e. The van der Waals surface area contributed by atoms with Crippen LogP contribution in [0.3, 0.4) is 0 Å². The molecule has 0 radical (unpaired) electrons. The van der Waals surface area contributed by atoms with Crippen molar-refractivity contribution in [2.45, 2.75) is 57.4 Å². The molecule has 2 atom stereocenters. The third-order valence-corrected chi connectivity index (χ3v) is 6.58. The predicted octanol–water partition coefficient (Wildman–Crippen LogP) is 5.26. The van der Waals surface area contributed by atoms with Gasteiger partial charge >= 0.3 is 30.5 Å². The van der Waals surface area contributed by atoms with Crippen molar-refractivity contribution < 1.29 is 59.7 Å². The van der Waals surface area contributed by atoms with Gasteiger partial charge in [-0.15, -0.1) is 13.2 Å². The molecule has 2 aromatic carbocycles. The first kappa shape index (κ1) is 33.5. The molecule has 15 heteroatoms. The lowest BCUT2D eigenvalue weighted by atomic mass is 9.96. The van der Waals surface area contributed by atoms with Crippen molar-refractivity contribution in [2.75, 3.05) is 26.8 Å². The van der Waals surface area contributed by atoms with E-state index in [1.54, 1.807) is 41.1 Å². The Kier molecular flexibility index (Phi) is 10.5. The van der Waals surface area contributed by atoms with Crippen molar-refractivity contribution in [3.8, 4) is 11.5 Å². The highest BCUT2D eigenvalue weighted by Gasteiger charge is 2.46. The first-order chi connectivity index (χ1) is 20.0. The summed E-state index contributed by atoms with van der Waals surface area (Å²) in [6, 6.07) is 11.2. The molecular weight excluding hydrogens is 590 g/mol. The molecule has 1 saturated heterocycles. The number of hydrogen-bond donors (Lipinski definition) is 0. The Bertz CT molecular complexity index is 1270. The van der Waals surface area contributed by atoms with Crippen LogP contribution in [-0.2, 0) is 32.0 Å². The van der Waals surface area contributed by atoms with Gasteiger partial charge in [0.05, 0.1) is 12.6 Å². The Morgan fingerprint density at radius 2 is 1.49 bits per heavy atom. The van der Waals surface area contributed by atoms with Crippen LogP contribution in [0.1, 0.15) is 31.4 Å². The number of benzene rings is 2. The van der Waals surface area contributed by atoms with Crippen LogP contribution in [0.2, 0.25) is 0 Å². The smallest absolute Gasteiger partial charge is 0.494 e. The summed E-state index contributed by atoms with van der Waals surface area (Å²) in [5, 5.41) is 0. The maximum atomic E-state index is 12.7. The monoisotopic (exact) mass is 620 g/mol. The van der Waals surface area contributed by atoms with Crippen LogP contribution in [0.4, 0.5) is 31.1 Å². The Morgan fingerprint density at radius 3 is 2.05 bits per heavy atom. The molecule has 0 N–H and O–H groups in total.